The molecule has 7 heteroatoms. The van der Waals surface area contributed by atoms with Crippen molar-refractivity contribution in [1.82, 2.24) is 4.90 Å². The zero-order valence-corrected chi connectivity index (χ0v) is 11.7. The summed E-state index contributed by atoms with van der Waals surface area (Å²) in [6.07, 6.45) is 1.11. The Morgan fingerprint density at radius 1 is 1.11 bits per heavy atom. The van der Waals surface area contributed by atoms with Crippen molar-refractivity contribution in [2.75, 3.05) is 24.6 Å². The van der Waals surface area contributed by atoms with Crippen molar-refractivity contribution < 1.29 is 23.1 Å². The molecule has 0 aromatic heterocycles. The first-order valence-corrected chi connectivity index (χ1v) is 8.34. The predicted octanol–water partition coefficient (Wildman–Crippen LogP) is -0.00970. The molecule has 2 aliphatic rings. The monoisotopic (exact) mass is 289 g/mol. The van der Waals surface area contributed by atoms with Gasteiger partial charge in [-0.1, -0.05) is 6.92 Å². The molecule has 1 amide bonds. The molecule has 6 nitrogen and oxygen atoms in total. The van der Waals surface area contributed by atoms with Crippen LogP contribution in [0.4, 0.5) is 0 Å². The maximum atomic E-state index is 12.3. The van der Waals surface area contributed by atoms with Gasteiger partial charge in [-0.2, -0.15) is 0 Å². The minimum Gasteiger partial charge on any atom is -0.481 e. The van der Waals surface area contributed by atoms with Crippen LogP contribution in [0.2, 0.25) is 0 Å². The molecule has 0 spiro atoms. The number of rotatable bonds is 2. The van der Waals surface area contributed by atoms with E-state index in [4.69, 9.17) is 5.11 Å². The summed E-state index contributed by atoms with van der Waals surface area (Å²) in [6.45, 7) is 2.33. The van der Waals surface area contributed by atoms with Gasteiger partial charge in [0.25, 0.3) is 0 Å². The van der Waals surface area contributed by atoms with Gasteiger partial charge in [0.15, 0.2) is 9.84 Å². The average molecular weight is 289 g/mol. The number of sulfone groups is 1. The van der Waals surface area contributed by atoms with Crippen LogP contribution < -0.4 is 0 Å². The van der Waals surface area contributed by atoms with Crippen molar-refractivity contribution in [3.05, 3.63) is 0 Å². The van der Waals surface area contributed by atoms with Crippen LogP contribution in [-0.4, -0.2) is 54.9 Å². The molecule has 1 heterocycles. The molecule has 1 saturated heterocycles. The summed E-state index contributed by atoms with van der Waals surface area (Å²) in [5.74, 6) is -2.03. The van der Waals surface area contributed by atoms with Crippen LogP contribution in [0.1, 0.15) is 19.8 Å². The first-order chi connectivity index (χ1) is 8.80. The van der Waals surface area contributed by atoms with Crippen LogP contribution in [0.5, 0.6) is 0 Å². The number of aliphatic carboxylic acids is 1. The van der Waals surface area contributed by atoms with Crippen LogP contribution >= 0.6 is 0 Å². The van der Waals surface area contributed by atoms with Crippen LogP contribution in [-0.2, 0) is 19.4 Å². The molecule has 0 radical (unpaired) electrons. The standard InChI is InChI=1S/C12H19NO5S/c1-8-6-9(10(7-8)12(15)16)11(14)13-2-4-19(17,18)5-3-13/h8-10H,2-7H2,1H3,(H,15,16). The summed E-state index contributed by atoms with van der Waals surface area (Å²) in [5, 5.41) is 9.17. The van der Waals surface area contributed by atoms with E-state index in [1.165, 1.54) is 4.90 Å². The summed E-state index contributed by atoms with van der Waals surface area (Å²) in [7, 11) is -3.02. The zero-order valence-electron chi connectivity index (χ0n) is 10.9. The molecule has 2 rings (SSSR count). The molecule has 2 fully saturated rings. The Bertz CT molecular complexity index is 472. The maximum Gasteiger partial charge on any atom is 0.307 e. The van der Waals surface area contributed by atoms with E-state index in [0.717, 1.165) is 0 Å². The first-order valence-electron chi connectivity index (χ1n) is 6.52. The fourth-order valence-electron chi connectivity index (χ4n) is 3.00. The predicted molar refractivity (Wildman–Crippen MR) is 68.2 cm³/mol. The van der Waals surface area contributed by atoms with E-state index in [2.05, 4.69) is 0 Å². The fraction of sp³-hybridized carbons (Fsp3) is 0.833. The lowest BCUT2D eigenvalue weighted by Gasteiger charge is -2.30. The van der Waals surface area contributed by atoms with Gasteiger partial charge in [0.1, 0.15) is 0 Å². The Morgan fingerprint density at radius 3 is 2.16 bits per heavy atom. The van der Waals surface area contributed by atoms with Gasteiger partial charge in [-0.25, -0.2) is 8.42 Å². The maximum absolute atomic E-state index is 12.3. The Kier molecular flexibility index (Phi) is 3.85. The Balaban J connectivity index is 2.05. The highest BCUT2D eigenvalue weighted by Gasteiger charge is 2.43. The molecule has 108 valence electrons. The highest BCUT2D eigenvalue weighted by molar-refractivity contribution is 7.91. The van der Waals surface area contributed by atoms with Gasteiger partial charge in [-0.15, -0.1) is 0 Å². The van der Waals surface area contributed by atoms with E-state index in [1.54, 1.807) is 0 Å². The normalized spacial score (nSPS) is 34.2. The second kappa shape index (κ2) is 5.11. The lowest BCUT2D eigenvalue weighted by molar-refractivity contribution is -0.149. The lowest BCUT2D eigenvalue weighted by atomic mass is 9.95. The minimum atomic E-state index is -3.02. The quantitative estimate of drug-likeness (QED) is 0.772. The summed E-state index contributed by atoms with van der Waals surface area (Å²) >= 11 is 0. The Hall–Kier alpha value is -1.11. The van der Waals surface area contributed by atoms with E-state index in [0.29, 0.717) is 12.8 Å². The van der Waals surface area contributed by atoms with E-state index in [9.17, 15) is 18.0 Å². The minimum absolute atomic E-state index is 0.0151. The van der Waals surface area contributed by atoms with Crippen molar-refractivity contribution in [3.8, 4) is 0 Å². The molecule has 1 N–H and O–H groups in total. The Morgan fingerprint density at radius 2 is 1.63 bits per heavy atom. The van der Waals surface area contributed by atoms with E-state index in [-0.39, 0.29) is 36.4 Å². The van der Waals surface area contributed by atoms with Crippen molar-refractivity contribution in [2.24, 2.45) is 17.8 Å². The van der Waals surface area contributed by atoms with Gasteiger partial charge in [-0.3, -0.25) is 9.59 Å². The van der Waals surface area contributed by atoms with Gasteiger partial charge in [-0.05, 0) is 18.8 Å². The highest BCUT2D eigenvalue weighted by Crippen LogP contribution is 2.37. The van der Waals surface area contributed by atoms with Crippen LogP contribution in [0.3, 0.4) is 0 Å². The number of hydrogen-bond donors (Lipinski definition) is 1. The van der Waals surface area contributed by atoms with Crippen molar-refractivity contribution in [3.63, 3.8) is 0 Å². The van der Waals surface area contributed by atoms with Crippen molar-refractivity contribution in [1.29, 1.82) is 0 Å². The third kappa shape index (κ3) is 3.08. The molecule has 1 aliphatic heterocycles. The number of carbonyl (C=O) groups excluding carboxylic acids is 1. The molecule has 3 atom stereocenters. The van der Waals surface area contributed by atoms with Crippen molar-refractivity contribution in [2.45, 2.75) is 19.8 Å². The third-order valence-corrected chi connectivity index (χ3v) is 5.70. The highest BCUT2D eigenvalue weighted by atomic mass is 32.2. The molecule has 3 unspecified atom stereocenters. The summed E-state index contributed by atoms with van der Waals surface area (Å²) in [4.78, 5) is 25.0. The SMILES string of the molecule is CC1CC(C(=O)O)C(C(=O)N2CCS(=O)(=O)CC2)C1. The molecule has 0 aromatic carbocycles. The van der Waals surface area contributed by atoms with Gasteiger partial charge in [0.2, 0.25) is 5.91 Å². The number of nitrogens with zero attached hydrogens (tertiary/aromatic N) is 1. The number of carbonyl (C=O) groups is 2. The molecule has 19 heavy (non-hydrogen) atoms. The van der Waals surface area contributed by atoms with Crippen LogP contribution in [0, 0.1) is 17.8 Å². The third-order valence-electron chi connectivity index (χ3n) is 4.09. The molecule has 0 aromatic rings. The summed E-state index contributed by atoms with van der Waals surface area (Å²) < 4.78 is 22.7. The summed E-state index contributed by atoms with van der Waals surface area (Å²) in [6, 6.07) is 0. The first kappa shape index (κ1) is 14.3. The fourth-order valence-corrected chi connectivity index (χ4v) is 4.21. The number of carboxylic acid groups (broad SMARTS) is 1. The van der Waals surface area contributed by atoms with Gasteiger partial charge in [0, 0.05) is 13.1 Å². The second-order valence-electron chi connectivity index (χ2n) is 5.60. The second-order valence-corrected chi connectivity index (χ2v) is 7.91. The molecular formula is C12H19NO5S. The van der Waals surface area contributed by atoms with E-state index >= 15 is 0 Å². The largest absolute Gasteiger partial charge is 0.481 e. The molecule has 0 bridgehead atoms. The summed E-state index contributed by atoms with van der Waals surface area (Å²) in [5.41, 5.74) is 0. The topological polar surface area (TPSA) is 91.8 Å². The molecule has 1 aliphatic carbocycles. The molecular weight excluding hydrogens is 270 g/mol. The van der Waals surface area contributed by atoms with Crippen LogP contribution in [0.25, 0.3) is 0 Å². The van der Waals surface area contributed by atoms with E-state index < -0.39 is 27.6 Å². The van der Waals surface area contributed by atoms with Gasteiger partial charge >= 0.3 is 5.97 Å². The van der Waals surface area contributed by atoms with Crippen LogP contribution in [0.15, 0.2) is 0 Å². The Labute approximate surface area is 112 Å². The number of amides is 1. The lowest BCUT2D eigenvalue weighted by Crippen LogP contribution is -2.47. The van der Waals surface area contributed by atoms with Gasteiger partial charge < -0.3 is 10.0 Å². The smallest absolute Gasteiger partial charge is 0.307 e. The molecule has 1 saturated carbocycles. The number of carboxylic acids is 1. The van der Waals surface area contributed by atoms with Crippen molar-refractivity contribution >= 4 is 21.7 Å². The van der Waals surface area contributed by atoms with E-state index in [1.807, 2.05) is 6.92 Å². The average Bonchev–Trinajstić information content (AvgIpc) is 2.70. The number of hydrogen-bond acceptors (Lipinski definition) is 4. The zero-order chi connectivity index (χ0) is 14.2. The van der Waals surface area contributed by atoms with Gasteiger partial charge in [0.05, 0.1) is 23.3 Å².